The number of nitrogens with two attached hydrogens (primary N) is 1. The van der Waals surface area contributed by atoms with Gasteiger partial charge in [0.15, 0.2) is 0 Å². The van der Waals surface area contributed by atoms with Gasteiger partial charge in [-0.3, -0.25) is 19.2 Å². The summed E-state index contributed by atoms with van der Waals surface area (Å²) in [4.78, 5) is 48.5. The number of hydrogen-bond acceptors (Lipinski definition) is 8. The molecule has 0 saturated heterocycles. The second-order valence-electron chi connectivity index (χ2n) is 8.06. The number of amides is 2. The molecule has 0 spiro atoms. The predicted molar refractivity (Wildman–Crippen MR) is 140 cm³/mol. The van der Waals surface area contributed by atoms with Crippen LogP contribution in [0.2, 0.25) is 0 Å². The van der Waals surface area contributed by atoms with Gasteiger partial charge in [0.1, 0.15) is 12.1 Å². The number of thioether (sulfide) groups is 1. The molecule has 0 fully saturated rings. The van der Waals surface area contributed by atoms with Crippen LogP contribution in [0.15, 0.2) is 42.5 Å². The van der Waals surface area contributed by atoms with Gasteiger partial charge < -0.3 is 25.8 Å². The van der Waals surface area contributed by atoms with Crippen LogP contribution in [-0.2, 0) is 34.4 Å². The van der Waals surface area contributed by atoms with Crippen molar-refractivity contribution in [1.29, 1.82) is 0 Å². The molecule has 10 heteroatoms. The first-order valence-electron chi connectivity index (χ1n) is 12.0. The fraction of sp³-hybridized carbons (Fsp3) is 0.462. The number of esters is 2. The Bertz CT molecular complexity index is 1030. The molecule has 4 N–H and O–H groups in total. The zero-order valence-corrected chi connectivity index (χ0v) is 21.6. The molecule has 2 rings (SSSR count). The maximum Gasteiger partial charge on any atom is 0.322 e. The summed E-state index contributed by atoms with van der Waals surface area (Å²) in [7, 11) is 0. The molecule has 36 heavy (non-hydrogen) atoms. The Morgan fingerprint density at radius 3 is 2.42 bits per heavy atom. The quantitative estimate of drug-likeness (QED) is 0.306. The molecule has 0 aromatic heterocycles. The zero-order valence-electron chi connectivity index (χ0n) is 20.8. The molecule has 0 aliphatic heterocycles. The molecule has 2 amide bonds. The SMILES string of the molecule is CCOC(=O)CCNC(=O)C(CSCc1ccc2ccccc2c1)NC(=O)CCC(N)C(=O)OCC. The third-order valence-electron chi connectivity index (χ3n) is 5.22. The molecule has 196 valence electrons. The van der Waals surface area contributed by atoms with Crippen molar-refractivity contribution in [2.24, 2.45) is 5.73 Å². The summed E-state index contributed by atoms with van der Waals surface area (Å²) in [5, 5.41) is 7.70. The highest BCUT2D eigenvalue weighted by Gasteiger charge is 2.22. The van der Waals surface area contributed by atoms with Gasteiger partial charge >= 0.3 is 11.9 Å². The van der Waals surface area contributed by atoms with Crippen molar-refractivity contribution in [3.63, 3.8) is 0 Å². The summed E-state index contributed by atoms with van der Waals surface area (Å²) in [6.07, 6.45) is 0.118. The minimum atomic E-state index is -0.908. The fourth-order valence-electron chi connectivity index (χ4n) is 3.37. The first-order chi connectivity index (χ1) is 17.3. The summed E-state index contributed by atoms with van der Waals surface area (Å²) in [5.74, 6) is -0.782. The lowest BCUT2D eigenvalue weighted by Crippen LogP contribution is -2.49. The Hall–Kier alpha value is -3.11. The number of ether oxygens (including phenoxy) is 2. The molecule has 2 unspecified atom stereocenters. The second-order valence-corrected chi connectivity index (χ2v) is 9.09. The molecule has 0 radical (unpaired) electrons. The van der Waals surface area contributed by atoms with Crippen LogP contribution in [0.5, 0.6) is 0 Å². The molecule has 2 atom stereocenters. The lowest BCUT2D eigenvalue weighted by Gasteiger charge is -2.19. The van der Waals surface area contributed by atoms with Gasteiger partial charge in [0.2, 0.25) is 11.8 Å². The van der Waals surface area contributed by atoms with Gasteiger partial charge in [0, 0.05) is 24.5 Å². The molecule has 2 aromatic carbocycles. The van der Waals surface area contributed by atoms with E-state index in [1.54, 1.807) is 13.8 Å². The number of hydrogen-bond donors (Lipinski definition) is 3. The summed E-state index contributed by atoms with van der Waals surface area (Å²) < 4.78 is 9.73. The standard InChI is InChI=1S/C26H35N3O6S/c1-3-34-24(31)13-14-28-25(32)22(29-23(30)12-11-21(27)26(33)35-4-2)17-36-16-18-9-10-19-7-5-6-8-20(19)15-18/h5-10,15,21-22H,3-4,11-14,16-17,27H2,1-2H3,(H,28,32)(H,29,30). The van der Waals surface area contributed by atoms with Crippen molar-refractivity contribution in [2.75, 3.05) is 25.5 Å². The fourth-order valence-corrected chi connectivity index (χ4v) is 4.37. The Morgan fingerprint density at radius 1 is 0.972 bits per heavy atom. The second kappa shape index (κ2) is 15.8. The Labute approximate surface area is 215 Å². The maximum atomic E-state index is 12.8. The van der Waals surface area contributed by atoms with Gasteiger partial charge in [-0.25, -0.2) is 0 Å². The van der Waals surface area contributed by atoms with E-state index in [-0.39, 0.29) is 39.0 Å². The number of carbonyl (C=O) groups is 4. The largest absolute Gasteiger partial charge is 0.466 e. The van der Waals surface area contributed by atoms with E-state index in [4.69, 9.17) is 15.2 Å². The van der Waals surface area contributed by atoms with Crippen LogP contribution in [0.1, 0.15) is 38.7 Å². The Morgan fingerprint density at radius 2 is 1.69 bits per heavy atom. The summed E-state index contributed by atoms with van der Waals surface area (Å²) in [6, 6.07) is 12.5. The molecule has 0 aliphatic carbocycles. The first kappa shape index (κ1) is 29.1. The van der Waals surface area contributed by atoms with Crippen molar-refractivity contribution in [1.82, 2.24) is 10.6 Å². The maximum absolute atomic E-state index is 12.8. The molecule has 0 saturated carbocycles. The van der Waals surface area contributed by atoms with E-state index in [0.29, 0.717) is 11.5 Å². The van der Waals surface area contributed by atoms with Crippen LogP contribution in [0.3, 0.4) is 0 Å². The van der Waals surface area contributed by atoms with Crippen molar-refractivity contribution < 1.29 is 28.7 Å². The minimum Gasteiger partial charge on any atom is -0.466 e. The van der Waals surface area contributed by atoms with Gasteiger partial charge in [-0.2, -0.15) is 11.8 Å². The highest BCUT2D eigenvalue weighted by Crippen LogP contribution is 2.20. The minimum absolute atomic E-state index is 0.0259. The van der Waals surface area contributed by atoms with Crippen LogP contribution in [0.4, 0.5) is 0 Å². The van der Waals surface area contributed by atoms with Crippen LogP contribution >= 0.6 is 11.8 Å². The van der Waals surface area contributed by atoms with E-state index in [0.717, 1.165) is 16.3 Å². The van der Waals surface area contributed by atoms with Gasteiger partial charge in [-0.05, 0) is 36.6 Å². The van der Waals surface area contributed by atoms with Crippen molar-refractivity contribution in [3.05, 3.63) is 48.0 Å². The highest BCUT2D eigenvalue weighted by molar-refractivity contribution is 7.98. The Balaban J connectivity index is 1.93. The molecule has 0 heterocycles. The highest BCUT2D eigenvalue weighted by atomic mass is 32.2. The van der Waals surface area contributed by atoms with Crippen LogP contribution in [0, 0.1) is 0 Å². The number of benzene rings is 2. The lowest BCUT2D eigenvalue weighted by atomic mass is 10.1. The van der Waals surface area contributed by atoms with Gasteiger partial charge in [0.05, 0.1) is 19.6 Å². The average molecular weight is 518 g/mol. The number of fused-ring (bicyclic) bond motifs is 1. The summed E-state index contributed by atoms with van der Waals surface area (Å²) in [5.41, 5.74) is 6.87. The normalized spacial score (nSPS) is 12.4. The first-order valence-corrected chi connectivity index (χ1v) is 13.2. The van der Waals surface area contributed by atoms with Crippen LogP contribution in [-0.4, -0.2) is 61.3 Å². The average Bonchev–Trinajstić information content (AvgIpc) is 2.86. The van der Waals surface area contributed by atoms with E-state index < -0.39 is 35.8 Å². The zero-order chi connectivity index (χ0) is 26.3. The monoisotopic (exact) mass is 517 g/mol. The number of rotatable bonds is 15. The molecule has 2 aromatic rings. The predicted octanol–water partition coefficient (Wildman–Crippen LogP) is 2.30. The van der Waals surface area contributed by atoms with Crippen LogP contribution < -0.4 is 16.4 Å². The molecule has 0 bridgehead atoms. The lowest BCUT2D eigenvalue weighted by molar-refractivity contribution is -0.145. The molecule has 0 aliphatic rings. The summed E-state index contributed by atoms with van der Waals surface area (Å²) >= 11 is 1.51. The smallest absolute Gasteiger partial charge is 0.322 e. The molecular formula is C26H35N3O6S. The van der Waals surface area contributed by atoms with Crippen LogP contribution in [0.25, 0.3) is 10.8 Å². The van der Waals surface area contributed by atoms with Crippen molar-refractivity contribution in [3.8, 4) is 0 Å². The topological polar surface area (TPSA) is 137 Å². The molecular weight excluding hydrogens is 482 g/mol. The van der Waals surface area contributed by atoms with Gasteiger partial charge in [-0.15, -0.1) is 0 Å². The molecule has 9 nitrogen and oxygen atoms in total. The van der Waals surface area contributed by atoms with E-state index in [9.17, 15) is 19.2 Å². The van der Waals surface area contributed by atoms with E-state index in [1.807, 2.05) is 30.3 Å². The third-order valence-corrected chi connectivity index (χ3v) is 6.33. The third kappa shape index (κ3) is 10.2. The van der Waals surface area contributed by atoms with Gasteiger partial charge in [0.25, 0.3) is 0 Å². The van der Waals surface area contributed by atoms with Crippen molar-refractivity contribution in [2.45, 2.75) is 50.9 Å². The Kier molecular flexibility index (Phi) is 12.8. The van der Waals surface area contributed by atoms with E-state index in [1.165, 1.54) is 11.8 Å². The number of carbonyl (C=O) groups excluding carboxylic acids is 4. The van der Waals surface area contributed by atoms with E-state index in [2.05, 4.69) is 22.8 Å². The van der Waals surface area contributed by atoms with Crippen molar-refractivity contribution >= 4 is 46.3 Å². The number of nitrogens with one attached hydrogen (secondary N) is 2. The van der Waals surface area contributed by atoms with E-state index >= 15 is 0 Å². The van der Waals surface area contributed by atoms with Gasteiger partial charge in [-0.1, -0.05) is 42.5 Å². The summed E-state index contributed by atoms with van der Waals surface area (Å²) in [6.45, 7) is 3.97.